The van der Waals surface area contributed by atoms with Crippen LogP contribution in [0.15, 0.2) is 36.4 Å². The molecule has 1 aromatic heterocycles. The van der Waals surface area contributed by atoms with Gasteiger partial charge in [0.25, 0.3) is 0 Å². The Morgan fingerprint density at radius 1 is 1.15 bits per heavy atom. The quantitative estimate of drug-likeness (QED) is 0.908. The van der Waals surface area contributed by atoms with E-state index in [0.29, 0.717) is 6.61 Å². The van der Waals surface area contributed by atoms with E-state index in [9.17, 15) is 0 Å². The molecule has 1 N–H and O–H groups in total. The van der Waals surface area contributed by atoms with Crippen LogP contribution in [0.25, 0.3) is 0 Å². The molecule has 1 aromatic carbocycles. The highest BCUT2D eigenvalue weighted by Gasteiger charge is 2.27. The number of aromatic nitrogens is 2. The number of nitrogens with zero attached hydrogens (tertiary/aromatic N) is 2. The first-order valence-corrected chi connectivity index (χ1v) is 6.68. The van der Waals surface area contributed by atoms with Gasteiger partial charge in [0.1, 0.15) is 11.6 Å². The predicted molar refractivity (Wildman–Crippen MR) is 80.9 cm³/mol. The zero-order valence-corrected chi connectivity index (χ0v) is 12.5. The van der Waals surface area contributed by atoms with Crippen LogP contribution in [0.4, 0.5) is 5.82 Å². The van der Waals surface area contributed by atoms with Crippen molar-refractivity contribution in [1.82, 2.24) is 9.97 Å². The summed E-state index contributed by atoms with van der Waals surface area (Å²) in [6, 6.07) is 12.2. The molecule has 0 atom stereocenters. The summed E-state index contributed by atoms with van der Waals surface area (Å²) in [6.45, 7) is 4.75. The second-order valence-electron chi connectivity index (χ2n) is 5.24. The molecule has 4 nitrogen and oxygen atoms in total. The van der Waals surface area contributed by atoms with Crippen molar-refractivity contribution in [3.8, 4) is 0 Å². The maximum absolute atomic E-state index is 5.18. The first-order valence-electron chi connectivity index (χ1n) is 6.68. The highest BCUT2D eigenvalue weighted by atomic mass is 16.5. The van der Waals surface area contributed by atoms with Gasteiger partial charge in [0.2, 0.25) is 0 Å². The van der Waals surface area contributed by atoms with E-state index >= 15 is 0 Å². The van der Waals surface area contributed by atoms with Gasteiger partial charge in [-0.2, -0.15) is 0 Å². The lowest BCUT2D eigenvalue weighted by Crippen LogP contribution is -2.23. The van der Waals surface area contributed by atoms with Crippen LogP contribution in [0.5, 0.6) is 0 Å². The smallest absolute Gasteiger partial charge is 0.141 e. The molecule has 0 radical (unpaired) electrons. The van der Waals surface area contributed by atoms with Gasteiger partial charge in [-0.05, 0) is 19.4 Å². The standard InChI is InChI=1S/C16H21N3O/c1-16(2,12-8-6-5-7-9-12)15-18-13(11-20-4)10-14(17-3)19-15/h5-10H,11H2,1-4H3,(H,17,18,19). The highest BCUT2D eigenvalue weighted by Crippen LogP contribution is 2.29. The van der Waals surface area contributed by atoms with Crippen molar-refractivity contribution in [1.29, 1.82) is 0 Å². The van der Waals surface area contributed by atoms with Crippen molar-refractivity contribution < 1.29 is 4.74 Å². The van der Waals surface area contributed by atoms with Gasteiger partial charge in [-0.3, -0.25) is 0 Å². The van der Waals surface area contributed by atoms with Crippen LogP contribution in [0.2, 0.25) is 0 Å². The summed E-state index contributed by atoms with van der Waals surface area (Å²) in [4.78, 5) is 9.25. The number of hydrogen-bond donors (Lipinski definition) is 1. The zero-order valence-electron chi connectivity index (χ0n) is 12.5. The lowest BCUT2D eigenvalue weighted by molar-refractivity contribution is 0.181. The summed E-state index contributed by atoms with van der Waals surface area (Å²) in [5, 5.41) is 3.08. The Balaban J connectivity index is 2.47. The minimum absolute atomic E-state index is 0.253. The minimum atomic E-state index is -0.253. The highest BCUT2D eigenvalue weighted by molar-refractivity contribution is 5.39. The molecule has 0 amide bonds. The molecule has 2 rings (SSSR count). The van der Waals surface area contributed by atoms with Crippen molar-refractivity contribution in [2.45, 2.75) is 25.9 Å². The Labute approximate surface area is 120 Å². The van der Waals surface area contributed by atoms with Crippen molar-refractivity contribution in [3.63, 3.8) is 0 Å². The predicted octanol–water partition coefficient (Wildman–Crippen LogP) is 2.99. The average molecular weight is 271 g/mol. The van der Waals surface area contributed by atoms with E-state index in [0.717, 1.165) is 17.3 Å². The third kappa shape index (κ3) is 2.96. The Bertz CT molecular complexity index is 567. The minimum Gasteiger partial charge on any atom is -0.378 e. The summed E-state index contributed by atoms with van der Waals surface area (Å²) in [5.41, 5.74) is 1.82. The van der Waals surface area contributed by atoms with Crippen LogP contribution >= 0.6 is 0 Å². The third-order valence-electron chi connectivity index (χ3n) is 3.38. The van der Waals surface area contributed by atoms with Crippen LogP contribution in [0.1, 0.15) is 30.9 Å². The van der Waals surface area contributed by atoms with E-state index in [2.05, 4.69) is 41.3 Å². The van der Waals surface area contributed by atoms with Gasteiger partial charge in [-0.15, -0.1) is 0 Å². The fourth-order valence-electron chi connectivity index (χ4n) is 2.11. The van der Waals surface area contributed by atoms with E-state index in [-0.39, 0.29) is 5.41 Å². The van der Waals surface area contributed by atoms with Gasteiger partial charge in [0.05, 0.1) is 12.3 Å². The Morgan fingerprint density at radius 3 is 2.45 bits per heavy atom. The van der Waals surface area contributed by atoms with E-state index < -0.39 is 0 Å². The molecule has 0 aliphatic rings. The monoisotopic (exact) mass is 271 g/mol. The second kappa shape index (κ2) is 6.01. The number of hydrogen-bond acceptors (Lipinski definition) is 4. The topological polar surface area (TPSA) is 47.0 Å². The van der Waals surface area contributed by atoms with Gasteiger partial charge < -0.3 is 10.1 Å². The normalized spacial score (nSPS) is 11.4. The molecule has 0 fully saturated rings. The Kier molecular flexibility index (Phi) is 4.35. The van der Waals surface area contributed by atoms with Gasteiger partial charge in [-0.1, -0.05) is 30.3 Å². The van der Waals surface area contributed by atoms with Gasteiger partial charge in [0, 0.05) is 25.6 Å². The molecule has 1 heterocycles. The first kappa shape index (κ1) is 14.5. The van der Waals surface area contributed by atoms with Crippen LogP contribution < -0.4 is 5.32 Å². The van der Waals surface area contributed by atoms with Crippen molar-refractivity contribution in [3.05, 3.63) is 53.5 Å². The lowest BCUT2D eigenvalue weighted by atomic mass is 9.83. The largest absolute Gasteiger partial charge is 0.378 e. The molecule has 106 valence electrons. The van der Waals surface area contributed by atoms with Gasteiger partial charge >= 0.3 is 0 Å². The fourth-order valence-corrected chi connectivity index (χ4v) is 2.11. The number of nitrogens with one attached hydrogen (secondary N) is 1. The van der Waals surface area contributed by atoms with Crippen LogP contribution in [-0.2, 0) is 16.8 Å². The fraction of sp³-hybridized carbons (Fsp3) is 0.375. The molecule has 0 spiro atoms. The summed E-state index contributed by atoms with van der Waals surface area (Å²) in [7, 11) is 3.53. The van der Waals surface area contributed by atoms with E-state index in [4.69, 9.17) is 4.74 Å². The maximum Gasteiger partial charge on any atom is 0.141 e. The first-order chi connectivity index (χ1) is 9.57. The molecule has 0 bridgehead atoms. The summed E-state index contributed by atoms with van der Waals surface area (Å²) in [6.07, 6.45) is 0. The Morgan fingerprint density at radius 2 is 1.85 bits per heavy atom. The maximum atomic E-state index is 5.18. The average Bonchev–Trinajstić information content (AvgIpc) is 2.48. The molecule has 0 saturated carbocycles. The third-order valence-corrected chi connectivity index (χ3v) is 3.38. The van der Waals surface area contributed by atoms with E-state index in [1.165, 1.54) is 5.56 Å². The molecule has 4 heteroatoms. The van der Waals surface area contributed by atoms with Crippen LogP contribution in [-0.4, -0.2) is 24.1 Å². The van der Waals surface area contributed by atoms with Crippen LogP contribution in [0.3, 0.4) is 0 Å². The summed E-state index contributed by atoms with van der Waals surface area (Å²) in [5.74, 6) is 1.61. The van der Waals surface area contributed by atoms with E-state index in [1.807, 2.05) is 31.3 Å². The van der Waals surface area contributed by atoms with E-state index in [1.54, 1.807) is 7.11 Å². The Hall–Kier alpha value is -1.94. The molecular formula is C16H21N3O. The molecular weight excluding hydrogens is 250 g/mol. The molecule has 0 unspecified atom stereocenters. The van der Waals surface area contributed by atoms with Crippen molar-refractivity contribution >= 4 is 5.82 Å². The SMILES string of the molecule is CNc1cc(COC)nc(C(C)(C)c2ccccc2)n1. The summed E-state index contributed by atoms with van der Waals surface area (Å²) < 4.78 is 5.18. The molecule has 0 aliphatic carbocycles. The molecule has 0 aliphatic heterocycles. The molecule has 0 saturated heterocycles. The number of rotatable bonds is 5. The van der Waals surface area contributed by atoms with Gasteiger partial charge in [-0.25, -0.2) is 9.97 Å². The van der Waals surface area contributed by atoms with Gasteiger partial charge in [0.15, 0.2) is 0 Å². The van der Waals surface area contributed by atoms with Crippen molar-refractivity contribution in [2.75, 3.05) is 19.5 Å². The number of ether oxygens (including phenoxy) is 1. The summed E-state index contributed by atoms with van der Waals surface area (Å²) >= 11 is 0. The second-order valence-corrected chi connectivity index (χ2v) is 5.24. The number of anilines is 1. The molecule has 20 heavy (non-hydrogen) atoms. The number of methoxy groups -OCH3 is 1. The zero-order chi connectivity index (χ0) is 14.6. The van der Waals surface area contributed by atoms with Crippen LogP contribution in [0, 0.1) is 0 Å². The number of benzene rings is 1. The lowest BCUT2D eigenvalue weighted by Gasteiger charge is -2.24. The molecule has 2 aromatic rings. The van der Waals surface area contributed by atoms with Crippen molar-refractivity contribution in [2.24, 2.45) is 0 Å².